The fourth-order valence-corrected chi connectivity index (χ4v) is 5.99. The molecule has 9 nitrogen and oxygen atoms in total. The number of nitrogens with zero attached hydrogens (tertiary/aromatic N) is 3. The Kier molecular flexibility index (Phi) is 11.1. The zero-order valence-corrected chi connectivity index (χ0v) is 30.5. The van der Waals surface area contributed by atoms with E-state index in [1.54, 1.807) is 10.6 Å². The van der Waals surface area contributed by atoms with Gasteiger partial charge in [0.05, 0.1) is 29.9 Å². The second-order valence-corrected chi connectivity index (χ2v) is 24.6. The summed E-state index contributed by atoms with van der Waals surface area (Å²) in [6.07, 6.45) is 3.68. The van der Waals surface area contributed by atoms with Crippen LogP contribution < -0.4 is 10.6 Å². The molecule has 0 aliphatic carbocycles. The maximum absolute atomic E-state index is 13.2. The molecule has 2 aromatic carbocycles. The Hall–Kier alpha value is -3.96. The van der Waals surface area contributed by atoms with Crippen molar-refractivity contribution in [2.24, 2.45) is 0 Å². The maximum Gasteiger partial charge on any atom is 0.254 e. The van der Waals surface area contributed by atoms with E-state index in [9.17, 15) is 4.79 Å². The molecule has 0 saturated carbocycles. The number of carbonyl (C=O) groups is 1. The molecule has 244 valence electrons. The number of amides is 1. The van der Waals surface area contributed by atoms with E-state index >= 15 is 0 Å². The van der Waals surface area contributed by atoms with Gasteiger partial charge in [0.25, 0.3) is 5.91 Å². The van der Waals surface area contributed by atoms with Crippen LogP contribution in [0.4, 0.5) is 11.4 Å². The normalized spacial score (nSPS) is 12.1. The number of rotatable bonds is 12. The lowest BCUT2D eigenvalue weighted by Gasteiger charge is -2.35. The van der Waals surface area contributed by atoms with Gasteiger partial charge in [-0.2, -0.15) is 5.10 Å². The minimum Gasteiger partial charge on any atom is -0.406 e. The SMILES string of the molecule is CC(C)(C)[Si](C)(C)OCC#CCNC(=O)c1ccccc1Nc1ccc2c(C(=N)n3cccc3)nn(COCC[Si](C)(C)C)c2c1. The molecule has 11 heteroatoms. The molecule has 3 N–H and O–H groups in total. The van der Waals surface area contributed by atoms with Gasteiger partial charge in [-0.1, -0.05) is 64.4 Å². The lowest BCUT2D eigenvalue weighted by atomic mass is 10.1. The van der Waals surface area contributed by atoms with E-state index in [1.165, 1.54) is 0 Å². The van der Waals surface area contributed by atoms with Crippen LogP contribution in [0, 0.1) is 17.3 Å². The number of fused-ring (bicyclic) bond motifs is 1. The topological polar surface area (TPSA) is 106 Å². The Morgan fingerprint density at radius 1 is 1.00 bits per heavy atom. The average molecular weight is 657 g/mol. The van der Waals surface area contributed by atoms with Gasteiger partial charge >= 0.3 is 0 Å². The third kappa shape index (κ3) is 9.07. The minimum atomic E-state index is -1.86. The second kappa shape index (κ2) is 14.6. The van der Waals surface area contributed by atoms with Crippen molar-refractivity contribution >= 4 is 50.4 Å². The summed E-state index contributed by atoms with van der Waals surface area (Å²) in [5.41, 5.74) is 3.38. The van der Waals surface area contributed by atoms with E-state index in [0.717, 1.165) is 22.6 Å². The molecule has 0 atom stereocenters. The van der Waals surface area contributed by atoms with Crippen LogP contribution in [0.15, 0.2) is 67.0 Å². The Bertz CT molecular complexity index is 1720. The standard InChI is InChI=1S/C35H48N6O3Si2/c1-35(2,3)46(7,8)44-22-14-11-19-37-34(42)28-15-9-10-16-30(28)38-27-17-18-29-31(25-27)41(26-43-23-24-45(4,5)6)39-32(29)33(36)40-20-12-13-21-40/h9-10,12-13,15-18,20-21,25,36,38H,19,22-24,26H2,1-8H3,(H,37,42). The van der Waals surface area contributed by atoms with Crippen LogP contribution in [0.1, 0.15) is 36.8 Å². The van der Waals surface area contributed by atoms with Crippen LogP contribution in [0.2, 0.25) is 43.8 Å². The second-order valence-electron chi connectivity index (χ2n) is 14.1. The molecular formula is C35H48N6O3Si2. The summed E-state index contributed by atoms with van der Waals surface area (Å²) in [5.74, 6) is 6.12. The lowest BCUT2D eigenvalue weighted by molar-refractivity contribution is 0.0816. The van der Waals surface area contributed by atoms with E-state index in [1.807, 2.05) is 65.6 Å². The van der Waals surface area contributed by atoms with Crippen LogP contribution >= 0.6 is 0 Å². The molecule has 0 radical (unpaired) electrons. The first-order valence-corrected chi connectivity index (χ1v) is 22.3. The van der Waals surface area contributed by atoms with Crippen molar-refractivity contribution in [2.45, 2.75) is 71.3 Å². The molecule has 2 heterocycles. The van der Waals surface area contributed by atoms with Gasteiger partial charge in [0, 0.05) is 38.1 Å². The number of hydrogen-bond acceptors (Lipinski definition) is 6. The molecule has 0 unspecified atom stereocenters. The van der Waals surface area contributed by atoms with Gasteiger partial charge in [-0.15, -0.1) is 0 Å². The molecule has 0 bridgehead atoms. The average Bonchev–Trinajstić information content (AvgIpc) is 3.65. The van der Waals surface area contributed by atoms with Crippen LogP contribution in [0.25, 0.3) is 10.9 Å². The molecule has 0 fully saturated rings. The number of aromatic nitrogens is 3. The van der Waals surface area contributed by atoms with Crippen molar-refractivity contribution in [1.82, 2.24) is 19.7 Å². The first-order chi connectivity index (χ1) is 21.7. The summed E-state index contributed by atoms with van der Waals surface area (Å²) in [6, 6.07) is 18.1. The van der Waals surface area contributed by atoms with E-state index in [4.69, 9.17) is 19.7 Å². The van der Waals surface area contributed by atoms with Gasteiger partial charge in [0.1, 0.15) is 12.4 Å². The third-order valence-electron chi connectivity index (χ3n) is 8.27. The summed E-state index contributed by atoms with van der Waals surface area (Å²) >= 11 is 0. The highest BCUT2D eigenvalue weighted by Crippen LogP contribution is 2.36. The number of hydrogen-bond donors (Lipinski definition) is 3. The highest BCUT2D eigenvalue weighted by Gasteiger charge is 2.36. The molecule has 1 amide bonds. The highest BCUT2D eigenvalue weighted by molar-refractivity contribution is 6.76. The van der Waals surface area contributed by atoms with Gasteiger partial charge in [-0.25, -0.2) is 4.68 Å². The first-order valence-electron chi connectivity index (χ1n) is 15.7. The Morgan fingerprint density at radius 2 is 1.72 bits per heavy atom. The van der Waals surface area contributed by atoms with Gasteiger partial charge in [-0.05, 0) is 66.6 Å². The summed E-state index contributed by atoms with van der Waals surface area (Å²) in [6.45, 7) is 19.5. The van der Waals surface area contributed by atoms with E-state index in [2.05, 4.69) is 76.0 Å². The number of carbonyl (C=O) groups excluding carboxylic acids is 1. The molecule has 4 aromatic rings. The van der Waals surface area contributed by atoms with Gasteiger partial charge in [-0.3, -0.25) is 10.2 Å². The number of para-hydroxylation sites is 1. The Labute approximate surface area is 275 Å². The predicted molar refractivity (Wildman–Crippen MR) is 193 cm³/mol. The van der Waals surface area contributed by atoms with Crippen LogP contribution in [-0.2, 0) is 15.9 Å². The largest absolute Gasteiger partial charge is 0.406 e. The Balaban J connectivity index is 1.50. The number of benzene rings is 2. The minimum absolute atomic E-state index is 0.124. The molecule has 2 aromatic heterocycles. The van der Waals surface area contributed by atoms with Crippen LogP contribution in [0.5, 0.6) is 0 Å². The fourth-order valence-electron chi connectivity index (χ4n) is 4.37. The summed E-state index contributed by atoms with van der Waals surface area (Å²) in [4.78, 5) is 13.2. The maximum atomic E-state index is 13.2. The van der Waals surface area contributed by atoms with Gasteiger partial charge in [0.15, 0.2) is 14.2 Å². The summed E-state index contributed by atoms with van der Waals surface area (Å²) in [7, 11) is -3.10. The smallest absolute Gasteiger partial charge is 0.254 e. The number of ether oxygens (including phenoxy) is 1. The van der Waals surface area contributed by atoms with E-state index in [-0.39, 0.29) is 30.1 Å². The molecule has 0 aliphatic heterocycles. The van der Waals surface area contributed by atoms with Crippen molar-refractivity contribution in [3.05, 3.63) is 78.2 Å². The van der Waals surface area contributed by atoms with Crippen molar-refractivity contribution in [3.8, 4) is 11.8 Å². The van der Waals surface area contributed by atoms with Gasteiger partial charge in [0.2, 0.25) is 0 Å². The monoisotopic (exact) mass is 656 g/mol. The zero-order valence-electron chi connectivity index (χ0n) is 28.5. The molecule has 4 rings (SSSR count). The first kappa shape index (κ1) is 34.9. The van der Waals surface area contributed by atoms with E-state index in [0.29, 0.717) is 30.2 Å². The molecule has 0 aliphatic rings. The van der Waals surface area contributed by atoms with Crippen molar-refractivity contribution in [3.63, 3.8) is 0 Å². The molecule has 0 saturated heterocycles. The van der Waals surface area contributed by atoms with Crippen molar-refractivity contribution < 1.29 is 14.0 Å². The quantitative estimate of drug-likeness (QED) is 0.0481. The van der Waals surface area contributed by atoms with Crippen LogP contribution in [0.3, 0.4) is 0 Å². The summed E-state index contributed by atoms with van der Waals surface area (Å²) in [5, 5.41) is 20.9. The predicted octanol–water partition coefficient (Wildman–Crippen LogP) is 7.52. The molecular weight excluding hydrogens is 609 g/mol. The number of anilines is 2. The molecule has 46 heavy (non-hydrogen) atoms. The van der Waals surface area contributed by atoms with E-state index < -0.39 is 16.4 Å². The Morgan fingerprint density at radius 3 is 2.41 bits per heavy atom. The summed E-state index contributed by atoms with van der Waals surface area (Å²) < 4.78 is 15.7. The highest BCUT2D eigenvalue weighted by atomic mass is 28.4. The van der Waals surface area contributed by atoms with Crippen LogP contribution in [-0.4, -0.2) is 62.2 Å². The zero-order chi connectivity index (χ0) is 33.5. The number of nitrogens with one attached hydrogen (secondary N) is 3. The third-order valence-corrected chi connectivity index (χ3v) is 14.5. The fraction of sp³-hybridized carbons (Fsp3) is 0.400. The van der Waals surface area contributed by atoms with Crippen molar-refractivity contribution in [1.29, 1.82) is 5.41 Å². The van der Waals surface area contributed by atoms with Gasteiger partial charge < -0.3 is 24.4 Å². The van der Waals surface area contributed by atoms with Crippen molar-refractivity contribution in [2.75, 3.05) is 25.1 Å². The lowest BCUT2D eigenvalue weighted by Crippen LogP contribution is -2.40. The molecule has 0 spiro atoms.